The summed E-state index contributed by atoms with van der Waals surface area (Å²) < 4.78 is 30.8. The van der Waals surface area contributed by atoms with Crippen LogP contribution in [0.3, 0.4) is 0 Å². The van der Waals surface area contributed by atoms with Crippen LogP contribution in [0.4, 0.5) is 0 Å². The number of carbonyl (C=O) groups excluding carboxylic acids is 1. The number of rotatable bonds is 6. The van der Waals surface area contributed by atoms with E-state index in [4.69, 9.17) is 4.74 Å². The van der Waals surface area contributed by atoms with E-state index in [1.165, 1.54) is 6.26 Å². The fraction of sp³-hybridized carbons (Fsp3) is 0.348. The van der Waals surface area contributed by atoms with Gasteiger partial charge < -0.3 is 14.2 Å². The third-order valence-electron chi connectivity index (χ3n) is 5.74. The monoisotopic (exact) mass is 454 g/mol. The first-order valence-electron chi connectivity index (χ1n) is 10.5. The Morgan fingerprint density at radius 3 is 2.38 bits per heavy atom. The number of nitrogens with zero attached hydrogens (tertiary/aromatic N) is 4. The molecule has 0 atom stereocenters. The Morgan fingerprint density at radius 1 is 1.09 bits per heavy atom. The molecule has 2 aromatic heterocycles. The maximum Gasteiger partial charge on any atom is 0.270 e. The fourth-order valence-electron chi connectivity index (χ4n) is 3.76. The molecule has 1 aromatic carbocycles. The standard InChI is InChI=1S/C23H26N4O4S/c1-26-11-3-4-21(26)23(28)27-12-9-17(10-13-27)16-31-22-15-24-20(14-25-22)18-5-7-19(8-6-18)32(2,29)30/h3-8,11,14-15,17H,9-10,12-13,16H2,1-2H3. The zero-order valence-electron chi connectivity index (χ0n) is 18.1. The lowest BCUT2D eigenvalue weighted by Crippen LogP contribution is -2.40. The van der Waals surface area contributed by atoms with Crippen molar-refractivity contribution in [3.05, 3.63) is 60.7 Å². The van der Waals surface area contributed by atoms with Crippen molar-refractivity contribution in [2.75, 3.05) is 26.0 Å². The summed E-state index contributed by atoms with van der Waals surface area (Å²) in [7, 11) is -1.35. The highest BCUT2D eigenvalue weighted by atomic mass is 32.2. The van der Waals surface area contributed by atoms with E-state index in [1.54, 1.807) is 36.7 Å². The summed E-state index contributed by atoms with van der Waals surface area (Å²) in [4.78, 5) is 23.5. The maximum absolute atomic E-state index is 12.6. The number of carbonyl (C=O) groups is 1. The molecule has 1 aliphatic rings. The predicted octanol–water partition coefficient (Wildman–Crippen LogP) is 2.82. The Bertz CT molecular complexity index is 1180. The summed E-state index contributed by atoms with van der Waals surface area (Å²) in [6.07, 6.45) is 8.02. The van der Waals surface area contributed by atoms with E-state index in [1.807, 2.05) is 34.8 Å². The predicted molar refractivity (Wildman–Crippen MR) is 120 cm³/mol. The molecule has 8 nitrogen and oxygen atoms in total. The molecule has 3 heterocycles. The molecule has 9 heteroatoms. The number of piperidine rings is 1. The molecule has 1 aliphatic heterocycles. The van der Waals surface area contributed by atoms with Crippen LogP contribution in [0, 0.1) is 5.92 Å². The summed E-state index contributed by atoms with van der Waals surface area (Å²) >= 11 is 0. The van der Waals surface area contributed by atoms with Crippen molar-refractivity contribution in [2.24, 2.45) is 13.0 Å². The van der Waals surface area contributed by atoms with Gasteiger partial charge in [0.05, 0.1) is 29.6 Å². The van der Waals surface area contributed by atoms with Crippen LogP contribution >= 0.6 is 0 Å². The van der Waals surface area contributed by atoms with Crippen LogP contribution in [0.2, 0.25) is 0 Å². The molecule has 32 heavy (non-hydrogen) atoms. The lowest BCUT2D eigenvalue weighted by molar-refractivity contribution is 0.0650. The number of aryl methyl sites for hydroxylation is 1. The quantitative estimate of drug-likeness (QED) is 0.569. The van der Waals surface area contributed by atoms with Gasteiger partial charge in [-0.3, -0.25) is 4.79 Å². The Kier molecular flexibility index (Phi) is 6.27. The number of benzene rings is 1. The highest BCUT2D eigenvalue weighted by Crippen LogP contribution is 2.22. The van der Waals surface area contributed by atoms with Crippen molar-refractivity contribution in [2.45, 2.75) is 17.7 Å². The van der Waals surface area contributed by atoms with Gasteiger partial charge >= 0.3 is 0 Å². The van der Waals surface area contributed by atoms with Crippen molar-refractivity contribution >= 4 is 15.7 Å². The highest BCUT2D eigenvalue weighted by Gasteiger charge is 2.25. The topological polar surface area (TPSA) is 94.4 Å². The molecule has 3 aromatic rings. The highest BCUT2D eigenvalue weighted by molar-refractivity contribution is 7.90. The number of sulfone groups is 1. The largest absolute Gasteiger partial charge is 0.476 e. The van der Waals surface area contributed by atoms with Crippen molar-refractivity contribution in [1.82, 2.24) is 19.4 Å². The lowest BCUT2D eigenvalue weighted by atomic mass is 9.97. The number of likely N-dealkylation sites (tertiary alicyclic amines) is 1. The zero-order chi connectivity index (χ0) is 22.7. The van der Waals surface area contributed by atoms with Crippen molar-refractivity contribution < 1.29 is 17.9 Å². The SMILES string of the molecule is Cn1cccc1C(=O)N1CCC(COc2cnc(-c3ccc(S(C)(=O)=O)cc3)cn2)CC1. The fourth-order valence-corrected chi connectivity index (χ4v) is 4.39. The van der Waals surface area contributed by atoms with Gasteiger partial charge in [0.1, 0.15) is 5.69 Å². The molecule has 0 aliphatic carbocycles. The van der Waals surface area contributed by atoms with E-state index in [-0.39, 0.29) is 10.8 Å². The molecule has 1 fully saturated rings. The molecule has 168 valence electrons. The van der Waals surface area contributed by atoms with Gasteiger partial charge in [-0.25, -0.2) is 18.4 Å². The van der Waals surface area contributed by atoms with Crippen LogP contribution in [0.15, 0.2) is 59.9 Å². The van der Waals surface area contributed by atoms with Gasteiger partial charge in [0, 0.05) is 38.2 Å². The number of hydrogen-bond acceptors (Lipinski definition) is 6. The molecular weight excluding hydrogens is 428 g/mol. The Labute approximate surface area is 187 Å². The number of amides is 1. The lowest BCUT2D eigenvalue weighted by Gasteiger charge is -2.31. The second-order valence-corrected chi connectivity index (χ2v) is 10.1. The summed E-state index contributed by atoms with van der Waals surface area (Å²) in [5.41, 5.74) is 2.14. The molecule has 0 unspecified atom stereocenters. The molecule has 1 amide bonds. The first kappa shape index (κ1) is 22.0. The van der Waals surface area contributed by atoms with Gasteiger partial charge in [-0.2, -0.15) is 0 Å². The van der Waals surface area contributed by atoms with Crippen LogP contribution in [-0.2, 0) is 16.9 Å². The molecule has 0 spiro atoms. The average molecular weight is 455 g/mol. The van der Waals surface area contributed by atoms with Crippen LogP contribution in [-0.4, -0.2) is 59.7 Å². The minimum atomic E-state index is -3.23. The maximum atomic E-state index is 12.6. The molecule has 4 rings (SSSR count). The number of hydrogen-bond donors (Lipinski definition) is 0. The third kappa shape index (κ3) is 4.99. The van der Waals surface area contributed by atoms with Crippen molar-refractivity contribution in [3.63, 3.8) is 0 Å². The molecular formula is C23H26N4O4S. The normalized spacial score (nSPS) is 15.0. The van der Waals surface area contributed by atoms with Crippen LogP contribution < -0.4 is 4.74 Å². The van der Waals surface area contributed by atoms with Crippen LogP contribution in [0.1, 0.15) is 23.3 Å². The molecule has 1 saturated heterocycles. The molecule has 0 N–H and O–H groups in total. The Hall–Kier alpha value is -3.20. The van der Waals surface area contributed by atoms with E-state index < -0.39 is 9.84 Å². The number of aromatic nitrogens is 3. The van der Waals surface area contributed by atoms with Gasteiger partial charge in [-0.1, -0.05) is 12.1 Å². The van der Waals surface area contributed by atoms with E-state index in [2.05, 4.69) is 9.97 Å². The summed E-state index contributed by atoms with van der Waals surface area (Å²) in [6, 6.07) is 10.3. The number of ether oxygens (including phenoxy) is 1. The van der Waals surface area contributed by atoms with Crippen LogP contribution in [0.25, 0.3) is 11.3 Å². The zero-order valence-corrected chi connectivity index (χ0v) is 19.0. The molecule has 0 radical (unpaired) electrons. The second-order valence-electron chi connectivity index (χ2n) is 8.09. The second kappa shape index (κ2) is 9.12. The smallest absolute Gasteiger partial charge is 0.270 e. The molecule has 0 saturated carbocycles. The average Bonchev–Trinajstić information content (AvgIpc) is 3.23. The minimum Gasteiger partial charge on any atom is -0.476 e. The van der Waals surface area contributed by atoms with Gasteiger partial charge in [0.15, 0.2) is 9.84 Å². The van der Waals surface area contributed by atoms with Gasteiger partial charge in [-0.15, -0.1) is 0 Å². The Morgan fingerprint density at radius 2 is 1.81 bits per heavy atom. The van der Waals surface area contributed by atoms with Gasteiger partial charge in [-0.05, 0) is 43.0 Å². The minimum absolute atomic E-state index is 0.0721. The van der Waals surface area contributed by atoms with E-state index in [0.717, 1.165) is 18.4 Å². The van der Waals surface area contributed by atoms with Gasteiger partial charge in [0.2, 0.25) is 5.88 Å². The molecule has 0 bridgehead atoms. The van der Waals surface area contributed by atoms with Crippen LogP contribution in [0.5, 0.6) is 5.88 Å². The Balaban J connectivity index is 1.28. The summed E-state index contributed by atoms with van der Waals surface area (Å²) in [6.45, 7) is 1.96. The van der Waals surface area contributed by atoms with E-state index >= 15 is 0 Å². The summed E-state index contributed by atoms with van der Waals surface area (Å²) in [5, 5.41) is 0. The van der Waals surface area contributed by atoms with Crippen molar-refractivity contribution in [3.8, 4) is 17.1 Å². The summed E-state index contributed by atoms with van der Waals surface area (Å²) in [5.74, 6) is 0.879. The first-order valence-corrected chi connectivity index (χ1v) is 12.4. The van der Waals surface area contributed by atoms with E-state index in [9.17, 15) is 13.2 Å². The van der Waals surface area contributed by atoms with Crippen molar-refractivity contribution in [1.29, 1.82) is 0 Å². The third-order valence-corrected chi connectivity index (χ3v) is 6.87. The van der Waals surface area contributed by atoms with Gasteiger partial charge in [0.25, 0.3) is 5.91 Å². The first-order chi connectivity index (χ1) is 15.3. The van der Waals surface area contributed by atoms with E-state index in [0.29, 0.717) is 42.9 Å².